The molecule has 0 spiro atoms. The number of anilines is 1. The van der Waals surface area contributed by atoms with E-state index in [9.17, 15) is 13.6 Å². The van der Waals surface area contributed by atoms with Gasteiger partial charge in [-0.2, -0.15) is 8.78 Å². The van der Waals surface area contributed by atoms with Crippen molar-refractivity contribution in [1.82, 2.24) is 15.5 Å². The number of halogens is 3. The van der Waals surface area contributed by atoms with Crippen LogP contribution in [0, 0.1) is 5.92 Å². The fraction of sp³-hybridized carbons (Fsp3) is 0.450. The molecule has 1 aromatic carbocycles. The number of amides is 1. The van der Waals surface area contributed by atoms with Gasteiger partial charge in [-0.3, -0.25) is 4.79 Å². The molecule has 0 bridgehead atoms. The van der Waals surface area contributed by atoms with Crippen molar-refractivity contribution in [1.29, 1.82) is 0 Å². The number of nitrogens with zero attached hydrogens (tertiary/aromatic N) is 3. The third-order valence-electron chi connectivity index (χ3n) is 4.97. The second kappa shape index (κ2) is 9.82. The van der Waals surface area contributed by atoms with Crippen LogP contribution in [-0.2, 0) is 4.79 Å². The van der Waals surface area contributed by atoms with Crippen LogP contribution in [0.1, 0.15) is 37.8 Å². The average molecular weight is 425 g/mol. The number of carbonyl (C=O) groups excluding carboxylic acids is 1. The van der Waals surface area contributed by atoms with Crippen LogP contribution in [-0.4, -0.2) is 35.8 Å². The van der Waals surface area contributed by atoms with Gasteiger partial charge < -0.3 is 15.0 Å². The smallest absolute Gasteiger partial charge is 0.387 e. The minimum atomic E-state index is -2.92. The first-order chi connectivity index (χ1) is 14.0. The molecule has 1 aromatic heterocycles. The monoisotopic (exact) mass is 424 g/mol. The quantitative estimate of drug-likeness (QED) is 0.721. The first kappa shape index (κ1) is 21.2. The van der Waals surface area contributed by atoms with Crippen LogP contribution in [0.3, 0.4) is 0 Å². The molecule has 1 fully saturated rings. The first-order valence-corrected chi connectivity index (χ1v) is 9.94. The largest absolute Gasteiger partial charge is 0.434 e. The van der Waals surface area contributed by atoms with E-state index in [4.69, 9.17) is 11.6 Å². The molecule has 29 heavy (non-hydrogen) atoms. The molecule has 1 amide bonds. The number of nitrogens with one attached hydrogen (secondary N) is 1. The lowest BCUT2D eigenvalue weighted by Crippen LogP contribution is -2.44. The van der Waals surface area contributed by atoms with Crippen molar-refractivity contribution >= 4 is 23.3 Å². The van der Waals surface area contributed by atoms with Gasteiger partial charge in [0.05, 0.1) is 12.0 Å². The Bertz CT molecular complexity index is 822. The average Bonchev–Trinajstić information content (AvgIpc) is 2.72. The van der Waals surface area contributed by atoms with Crippen LogP contribution in [0.4, 0.5) is 14.6 Å². The molecule has 1 aliphatic rings. The normalized spacial score (nSPS) is 17.8. The molecule has 0 saturated carbocycles. The summed E-state index contributed by atoms with van der Waals surface area (Å²) in [4.78, 5) is 14.9. The van der Waals surface area contributed by atoms with Gasteiger partial charge in [0.2, 0.25) is 5.91 Å². The van der Waals surface area contributed by atoms with Gasteiger partial charge in [0.15, 0.2) is 11.0 Å². The summed E-state index contributed by atoms with van der Waals surface area (Å²) < 4.78 is 30.1. The van der Waals surface area contributed by atoms with Crippen molar-refractivity contribution in [3.8, 4) is 5.75 Å². The van der Waals surface area contributed by atoms with Crippen molar-refractivity contribution in [3.63, 3.8) is 0 Å². The summed E-state index contributed by atoms with van der Waals surface area (Å²) in [5, 5.41) is 11.3. The van der Waals surface area contributed by atoms with Crippen LogP contribution in [0.15, 0.2) is 36.4 Å². The van der Waals surface area contributed by atoms with Gasteiger partial charge in [-0.05, 0) is 37.5 Å². The Balaban J connectivity index is 1.69. The SMILES string of the molecule is CCC(NC(=O)C1CCCN(c2ccc(Cl)nn2)C1)c1ccccc1OC(F)F. The Hall–Kier alpha value is -2.48. The number of alkyl halides is 2. The molecular formula is C20H23ClF2N4O2. The zero-order chi connectivity index (χ0) is 20.8. The van der Waals surface area contributed by atoms with Gasteiger partial charge in [-0.25, -0.2) is 0 Å². The molecule has 1 saturated heterocycles. The number of aromatic nitrogens is 2. The maximum Gasteiger partial charge on any atom is 0.387 e. The maximum atomic E-state index is 12.9. The van der Waals surface area contributed by atoms with Gasteiger partial charge in [-0.1, -0.05) is 36.7 Å². The maximum absolute atomic E-state index is 12.9. The highest BCUT2D eigenvalue weighted by Crippen LogP contribution is 2.29. The molecule has 9 heteroatoms. The van der Waals surface area contributed by atoms with Gasteiger partial charge in [0.1, 0.15) is 5.75 Å². The number of hydrogen-bond donors (Lipinski definition) is 1. The molecule has 2 unspecified atom stereocenters. The van der Waals surface area contributed by atoms with Gasteiger partial charge in [-0.15, -0.1) is 10.2 Å². The number of carbonyl (C=O) groups is 1. The van der Waals surface area contributed by atoms with Gasteiger partial charge in [0.25, 0.3) is 0 Å². The van der Waals surface area contributed by atoms with E-state index in [1.807, 2.05) is 11.8 Å². The summed E-state index contributed by atoms with van der Waals surface area (Å²) >= 11 is 5.79. The van der Waals surface area contributed by atoms with E-state index < -0.39 is 12.7 Å². The van der Waals surface area contributed by atoms with E-state index in [1.54, 1.807) is 30.3 Å². The van der Waals surface area contributed by atoms with E-state index >= 15 is 0 Å². The minimum absolute atomic E-state index is 0.0800. The van der Waals surface area contributed by atoms with E-state index in [2.05, 4.69) is 20.3 Å². The highest BCUT2D eigenvalue weighted by Gasteiger charge is 2.29. The number of ether oxygens (including phenoxy) is 1. The highest BCUT2D eigenvalue weighted by atomic mass is 35.5. The zero-order valence-corrected chi connectivity index (χ0v) is 16.8. The van der Waals surface area contributed by atoms with Gasteiger partial charge in [0, 0.05) is 18.7 Å². The van der Waals surface area contributed by atoms with E-state index in [-0.39, 0.29) is 17.6 Å². The predicted octanol–water partition coefficient (Wildman–Crippen LogP) is 4.22. The Morgan fingerprint density at radius 1 is 1.31 bits per heavy atom. The third-order valence-corrected chi connectivity index (χ3v) is 5.17. The van der Waals surface area contributed by atoms with Crippen LogP contribution >= 0.6 is 11.6 Å². The molecule has 156 valence electrons. The lowest BCUT2D eigenvalue weighted by atomic mass is 9.95. The lowest BCUT2D eigenvalue weighted by molar-refractivity contribution is -0.126. The molecule has 1 aliphatic heterocycles. The molecule has 2 heterocycles. The predicted molar refractivity (Wildman–Crippen MR) is 106 cm³/mol. The number of piperidine rings is 1. The Morgan fingerprint density at radius 3 is 2.79 bits per heavy atom. The molecule has 2 aromatic rings. The van der Waals surface area contributed by atoms with Crippen molar-refractivity contribution in [2.45, 2.75) is 38.8 Å². The molecule has 6 nitrogen and oxygen atoms in total. The fourth-order valence-corrected chi connectivity index (χ4v) is 3.64. The lowest BCUT2D eigenvalue weighted by Gasteiger charge is -2.33. The molecule has 2 atom stereocenters. The van der Waals surface area contributed by atoms with Crippen LogP contribution < -0.4 is 15.0 Å². The van der Waals surface area contributed by atoms with Crippen LogP contribution in [0.2, 0.25) is 5.15 Å². The van der Waals surface area contributed by atoms with Crippen molar-refractivity contribution in [2.24, 2.45) is 5.92 Å². The zero-order valence-electron chi connectivity index (χ0n) is 16.0. The molecule has 3 rings (SSSR count). The fourth-order valence-electron chi connectivity index (χ4n) is 3.54. The second-order valence-electron chi connectivity index (χ2n) is 6.89. The minimum Gasteiger partial charge on any atom is -0.434 e. The number of rotatable bonds is 7. The molecule has 0 radical (unpaired) electrons. The summed E-state index contributed by atoms with van der Waals surface area (Å²) in [7, 11) is 0. The number of benzene rings is 1. The Labute approximate surface area is 173 Å². The van der Waals surface area contributed by atoms with E-state index in [0.717, 1.165) is 19.4 Å². The summed E-state index contributed by atoms with van der Waals surface area (Å²) in [6, 6.07) is 9.58. The second-order valence-corrected chi connectivity index (χ2v) is 7.27. The van der Waals surface area contributed by atoms with E-state index in [1.165, 1.54) is 6.07 Å². The molecule has 0 aliphatic carbocycles. The topological polar surface area (TPSA) is 67.4 Å². The van der Waals surface area contributed by atoms with Crippen molar-refractivity contribution in [3.05, 3.63) is 47.1 Å². The Morgan fingerprint density at radius 2 is 2.10 bits per heavy atom. The summed E-state index contributed by atoms with van der Waals surface area (Å²) in [6.07, 6.45) is 2.13. The summed E-state index contributed by atoms with van der Waals surface area (Å²) in [5.41, 5.74) is 0.542. The van der Waals surface area contributed by atoms with Crippen LogP contribution in [0.25, 0.3) is 0 Å². The number of hydrogen-bond acceptors (Lipinski definition) is 5. The summed E-state index contributed by atoms with van der Waals surface area (Å²) in [5.74, 6) is 0.403. The van der Waals surface area contributed by atoms with Gasteiger partial charge >= 0.3 is 6.61 Å². The summed E-state index contributed by atoms with van der Waals surface area (Å²) in [6.45, 7) is 0.258. The van der Waals surface area contributed by atoms with Crippen molar-refractivity contribution in [2.75, 3.05) is 18.0 Å². The standard InChI is InChI=1S/C20H23ClF2N4O2/c1-2-15(14-7-3-4-8-16(14)29-20(22)23)24-19(28)13-6-5-11-27(12-13)18-10-9-17(21)25-26-18/h3-4,7-10,13,15,20H,2,5-6,11-12H2,1H3,(H,24,28). The van der Waals surface area contributed by atoms with Crippen LogP contribution in [0.5, 0.6) is 5.75 Å². The number of para-hydroxylation sites is 1. The highest BCUT2D eigenvalue weighted by molar-refractivity contribution is 6.29. The first-order valence-electron chi connectivity index (χ1n) is 9.56. The Kier molecular flexibility index (Phi) is 7.19. The van der Waals surface area contributed by atoms with E-state index in [0.29, 0.717) is 29.5 Å². The third kappa shape index (κ3) is 5.53. The van der Waals surface area contributed by atoms with Crippen molar-refractivity contribution < 1.29 is 18.3 Å². The molecule has 1 N–H and O–H groups in total. The molecular weight excluding hydrogens is 402 g/mol.